The fourth-order valence-corrected chi connectivity index (χ4v) is 6.44. The van der Waals surface area contributed by atoms with Crippen LogP contribution in [0, 0.1) is 17.2 Å². The maximum Gasteiger partial charge on any atom is 0.223 e. The fraction of sp³-hybridized carbons (Fsp3) is 0.591. The number of aromatic amines is 1. The molecular formula is C22H29FN2O. The molecule has 2 aliphatic carbocycles. The fourth-order valence-electron chi connectivity index (χ4n) is 6.44. The van der Waals surface area contributed by atoms with Gasteiger partial charge in [0.1, 0.15) is 5.82 Å². The van der Waals surface area contributed by atoms with Gasteiger partial charge in [-0.2, -0.15) is 0 Å². The Hall–Kier alpha value is -1.84. The van der Waals surface area contributed by atoms with Crippen molar-refractivity contribution in [2.24, 2.45) is 11.3 Å². The minimum Gasteiger partial charge on any atom is -0.361 e. The summed E-state index contributed by atoms with van der Waals surface area (Å²) in [5.41, 5.74) is 2.18. The number of piperidine rings is 2. The Morgan fingerprint density at radius 3 is 2.77 bits per heavy atom. The second-order valence-corrected chi connectivity index (χ2v) is 9.38. The van der Waals surface area contributed by atoms with Crippen LogP contribution in [0.2, 0.25) is 0 Å². The molecule has 2 saturated heterocycles. The van der Waals surface area contributed by atoms with Crippen LogP contribution in [-0.4, -0.2) is 27.9 Å². The van der Waals surface area contributed by atoms with E-state index < -0.39 is 0 Å². The van der Waals surface area contributed by atoms with E-state index in [-0.39, 0.29) is 19.1 Å². The van der Waals surface area contributed by atoms with E-state index in [1.807, 2.05) is 19.2 Å². The Morgan fingerprint density at radius 1 is 1.35 bits per heavy atom. The lowest BCUT2D eigenvalue weighted by Gasteiger charge is -2.61. The number of fused-ring (bicyclic) bond motifs is 1. The second-order valence-electron chi connectivity index (χ2n) is 9.38. The third-order valence-electron chi connectivity index (χ3n) is 7.22. The van der Waals surface area contributed by atoms with Crippen LogP contribution in [0.5, 0.6) is 0 Å². The molecule has 2 aliphatic heterocycles. The quantitative estimate of drug-likeness (QED) is 0.803. The summed E-state index contributed by atoms with van der Waals surface area (Å²) in [6.07, 6.45) is 8.41. The number of benzene rings is 1. The van der Waals surface area contributed by atoms with Crippen molar-refractivity contribution in [2.45, 2.75) is 70.4 Å². The van der Waals surface area contributed by atoms with Crippen molar-refractivity contribution in [1.29, 1.82) is 0 Å². The number of nitrogens with zero attached hydrogens (tertiary/aromatic N) is 1. The molecule has 3 unspecified atom stereocenters. The minimum atomic E-state index is -0.207. The largest absolute Gasteiger partial charge is 0.361 e. The molecule has 3 heterocycles. The van der Waals surface area contributed by atoms with Gasteiger partial charge in [-0.15, -0.1) is 0 Å². The van der Waals surface area contributed by atoms with Crippen LogP contribution in [0.3, 0.4) is 0 Å². The maximum atomic E-state index is 14.3. The number of hydrogen-bond acceptors (Lipinski definition) is 1. The molecule has 1 aromatic heterocycles. The van der Waals surface area contributed by atoms with Crippen LogP contribution in [0.4, 0.5) is 4.39 Å². The standard InChI is InChI=1S/C22H27FN2O.H2/c1-13(17-12-24-19-5-3-4-18(23)21(17)19)6-20(26)25-15-7-14-8-16(25)11-22(2,9-14)10-15;/h3-5,12-16,24H,6-11H2,1-2H3;1H. The summed E-state index contributed by atoms with van der Waals surface area (Å²) in [5, 5.41) is 0.639. The van der Waals surface area contributed by atoms with Crippen LogP contribution in [0.25, 0.3) is 10.9 Å². The molecule has 4 heteroatoms. The van der Waals surface area contributed by atoms with Gasteiger partial charge in [-0.25, -0.2) is 4.39 Å². The van der Waals surface area contributed by atoms with E-state index in [2.05, 4.69) is 16.8 Å². The summed E-state index contributed by atoms with van der Waals surface area (Å²) in [6.45, 7) is 4.46. The first kappa shape index (κ1) is 16.3. The number of hydrogen-bond donors (Lipinski definition) is 1. The molecule has 140 valence electrons. The zero-order valence-corrected chi connectivity index (χ0v) is 15.6. The number of halogens is 1. The first-order chi connectivity index (χ1) is 12.4. The molecule has 26 heavy (non-hydrogen) atoms. The minimum absolute atomic E-state index is 0. The number of carbonyl (C=O) groups is 1. The van der Waals surface area contributed by atoms with Gasteiger partial charge in [0.15, 0.2) is 0 Å². The third kappa shape index (κ3) is 2.41. The first-order valence-corrected chi connectivity index (χ1v) is 10.0. The number of carbonyl (C=O) groups excluding carboxylic acids is 1. The SMILES string of the molecule is CC(CC(=O)N1C2CC3CC1CC(C)(C3)C2)c1c[nH]c2cccc(F)c12.[HH]. The van der Waals surface area contributed by atoms with Gasteiger partial charge in [0.05, 0.1) is 0 Å². The smallest absolute Gasteiger partial charge is 0.223 e. The normalized spacial score (nSPS) is 33.8. The maximum absolute atomic E-state index is 14.3. The number of aromatic nitrogens is 1. The van der Waals surface area contributed by atoms with Gasteiger partial charge in [-0.1, -0.05) is 19.9 Å². The van der Waals surface area contributed by atoms with E-state index >= 15 is 0 Å². The molecule has 2 saturated carbocycles. The molecule has 4 fully saturated rings. The Morgan fingerprint density at radius 2 is 2.08 bits per heavy atom. The lowest BCUT2D eigenvalue weighted by molar-refractivity contribution is -0.156. The Bertz CT molecular complexity index is 862. The van der Waals surface area contributed by atoms with Crippen LogP contribution in [0.1, 0.15) is 65.3 Å². The summed E-state index contributed by atoms with van der Waals surface area (Å²) in [5.74, 6) is 0.893. The third-order valence-corrected chi connectivity index (χ3v) is 7.22. The molecule has 3 nitrogen and oxygen atoms in total. The van der Waals surface area contributed by atoms with Gasteiger partial charge in [-0.05, 0) is 67.1 Å². The van der Waals surface area contributed by atoms with Gasteiger partial charge < -0.3 is 9.88 Å². The van der Waals surface area contributed by atoms with E-state index in [1.54, 1.807) is 6.07 Å². The molecular weight excluding hydrogens is 327 g/mol. The lowest BCUT2D eigenvalue weighted by Crippen LogP contribution is -2.62. The van der Waals surface area contributed by atoms with Crippen molar-refractivity contribution in [3.8, 4) is 0 Å². The molecule has 3 atom stereocenters. The van der Waals surface area contributed by atoms with Crippen molar-refractivity contribution in [3.63, 3.8) is 0 Å². The van der Waals surface area contributed by atoms with E-state index in [1.165, 1.54) is 38.2 Å². The van der Waals surface area contributed by atoms with Crippen LogP contribution >= 0.6 is 0 Å². The molecule has 6 rings (SSSR count). The van der Waals surface area contributed by atoms with Gasteiger partial charge in [0.25, 0.3) is 0 Å². The molecule has 0 radical (unpaired) electrons. The van der Waals surface area contributed by atoms with Crippen molar-refractivity contribution < 1.29 is 10.6 Å². The Kier molecular flexibility index (Phi) is 3.51. The Balaban J connectivity index is 0.00000180. The predicted octanol–water partition coefficient (Wildman–Crippen LogP) is 5.23. The zero-order valence-electron chi connectivity index (χ0n) is 15.6. The van der Waals surface area contributed by atoms with Crippen molar-refractivity contribution in [1.82, 2.24) is 9.88 Å². The average Bonchev–Trinajstić information content (AvgIpc) is 2.98. The molecule has 1 aromatic carbocycles. The van der Waals surface area contributed by atoms with Gasteiger partial charge in [0.2, 0.25) is 5.91 Å². The highest BCUT2D eigenvalue weighted by Gasteiger charge is 2.53. The highest BCUT2D eigenvalue weighted by Crippen LogP contribution is 2.56. The lowest BCUT2D eigenvalue weighted by atomic mass is 9.56. The topological polar surface area (TPSA) is 36.1 Å². The van der Waals surface area contributed by atoms with E-state index in [4.69, 9.17) is 0 Å². The highest BCUT2D eigenvalue weighted by atomic mass is 19.1. The number of amides is 1. The number of rotatable bonds is 3. The van der Waals surface area contributed by atoms with Crippen molar-refractivity contribution >= 4 is 16.8 Å². The first-order valence-electron chi connectivity index (χ1n) is 10.0. The van der Waals surface area contributed by atoms with Crippen molar-refractivity contribution in [2.75, 3.05) is 0 Å². The van der Waals surface area contributed by atoms with Crippen LogP contribution < -0.4 is 0 Å². The summed E-state index contributed by atoms with van der Waals surface area (Å²) < 4.78 is 14.3. The van der Waals surface area contributed by atoms with Crippen LogP contribution in [-0.2, 0) is 4.79 Å². The summed E-state index contributed by atoms with van der Waals surface area (Å²) >= 11 is 0. The molecule has 1 N–H and O–H groups in total. The van der Waals surface area contributed by atoms with E-state index in [0.717, 1.165) is 17.0 Å². The van der Waals surface area contributed by atoms with Crippen LogP contribution in [0.15, 0.2) is 24.4 Å². The highest BCUT2D eigenvalue weighted by molar-refractivity contribution is 5.86. The van der Waals surface area contributed by atoms with Crippen molar-refractivity contribution in [3.05, 3.63) is 35.8 Å². The second kappa shape index (κ2) is 5.58. The summed E-state index contributed by atoms with van der Waals surface area (Å²) in [6, 6.07) is 5.97. The number of H-pyrrole nitrogens is 1. The molecule has 4 bridgehead atoms. The Labute approximate surface area is 155 Å². The molecule has 4 aliphatic rings. The monoisotopic (exact) mass is 356 g/mol. The molecule has 2 aromatic rings. The predicted molar refractivity (Wildman–Crippen MR) is 103 cm³/mol. The summed E-state index contributed by atoms with van der Waals surface area (Å²) in [4.78, 5) is 18.6. The summed E-state index contributed by atoms with van der Waals surface area (Å²) in [7, 11) is 0. The number of nitrogens with one attached hydrogen (secondary N) is 1. The van der Waals surface area contributed by atoms with E-state index in [0.29, 0.717) is 29.3 Å². The average molecular weight is 356 g/mol. The van der Waals surface area contributed by atoms with E-state index in [9.17, 15) is 9.18 Å². The zero-order chi connectivity index (χ0) is 18.1. The van der Waals surface area contributed by atoms with Gasteiger partial charge >= 0.3 is 0 Å². The van der Waals surface area contributed by atoms with Gasteiger partial charge in [-0.3, -0.25) is 4.79 Å². The van der Waals surface area contributed by atoms with Gasteiger partial charge in [0, 0.05) is 37.0 Å². The molecule has 0 spiro atoms. The molecule has 1 amide bonds.